The van der Waals surface area contributed by atoms with Crippen LogP contribution in [-0.4, -0.2) is 65.5 Å². The summed E-state index contributed by atoms with van der Waals surface area (Å²) < 4.78 is 0.873. The summed E-state index contributed by atoms with van der Waals surface area (Å²) in [7, 11) is 0. The molecule has 1 saturated heterocycles. The Hall–Kier alpha value is -0.690. The topological polar surface area (TPSA) is 59.8 Å². The Kier molecular flexibility index (Phi) is 7.59. The Bertz CT molecular complexity index is 439. The Morgan fingerprint density at radius 3 is 2.55 bits per heavy atom. The van der Waals surface area contributed by atoms with Crippen LogP contribution in [0, 0.1) is 0 Å². The molecule has 0 spiro atoms. The Labute approximate surface area is 141 Å². The van der Waals surface area contributed by atoms with E-state index >= 15 is 0 Å². The van der Waals surface area contributed by atoms with Gasteiger partial charge in [0.15, 0.2) is 0 Å². The zero-order valence-electron chi connectivity index (χ0n) is 13.0. The second-order valence-corrected chi connectivity index (χ2v) is 6.54. The summed E-state index contributed by atoms with van der Waals surface area (Å²) in [5.74, 6) is 1.03. The number of halogens is 1. The highest BCUT2D eigenvalue weighted by molar-refractivity contribution is 9.10. The van der Waals surface area contributed by atoms with Gasteiger partial charge in [0.25, 0.3) is 0 Å². The van der Waals surface area contributed by atoms with Gasteiger partial charge in [-0.1, -0.05) is 6.07 Å². The highest BCUT2D eigenvalue weighted by atomic mass is 79.9. The molecule has 6 heteroatoms. The van der Waals surface area contributed by atoms with E-state index in [0.29, 0.717) is 6.04 Å². The first kappa shape index (κ1) is 17.7. The van der Waals surface area contributed by atoms with E-state index in [4.69, 9.17) is 5.11 Å². The third kappa shape index (κ3) is 5.19. The molecule has 0 atom stereocenters. The fraction of sp³-hybridized carbons (Fsp3) is 0.688. The van der Waals surface area contributed by atoms with Crippen LogP contribution in [0.5, 0.6) is 0 Å². The lowest BCUT2D eigenvalue weighted by Crippen LogP contribution is -2.46. The maximum atomic E-state index is 9.27. The molecule has 2 N–H and O–H groups in total. The van der Waals surface area contributed by atoms with Crippen LogP contribution in [0.25, 0.3) is 0 Å². The number of unbranched alkanes of at least 4 members (excludes halogenated alkanes) is 1. The van der Waals surface area contributed by atoms with Crippen molar-refractivity contribution >= 4 is 21.7 Å². The van der Waals surface area contributed by atoms with E-state index in [1.807, 2.05) is 12.1 Å². The molecule has 5 nitrogen and oxygen atoms in total. The minimum Gasteiger partial charge on any atom is -0.396 e. The van der Waals surface area contributed by atoms with Crippen LogP contribution < -0.4 is 4.90 Å². The molecule has 0 bridgehead atoms. The zero-order chi connectivity index (χ0) is 15.8. The van der Waals surface area contributed by atoms with Crippen molar-refractivity contribution in [2.75, 3.05) is 44.3 Å². The Morgan fingerprint density at radius 1 is 1.14 bits per heavy atom. The predicted molar refractivity (Wildman–Crippen MR) is 92.2 cm³/mol. The first-order valence-corrected chi connectivity index (χ1v) is 8.87. The molecule has 1 fully saturated rings. The molecular weight excluding hydrogens is 346 g/mol. The number of pyridine rings is 1. The lowest BCUT2D eigenvalue weighted by Gasteiger charge is -2.39. The fourth-order valence-corrected chi connectivity index (χ4v) is 3.40. The standard InChI is InChI=1S/C16H26BrN3O2/c17-15-4-3-5-16(18-15)20-9-6-14(7-10-20)19(11-13-22)8-1-2-12-21/h3-5,14,21-22H,1-2,6-13H2. The SMILES string of the molecule is OCCCCN(CCO)C1CCN(c2cccc(Br)n2)CC1. The summed E-state index contributed by atoms with van der Waals surface area (Å²) in [6.07, 6.45) is 4.01. The highest BCUT2D eigenvalue weighted by Gasteiger charge is 2.24. The van der Waals surface area contributed by atoms with Gasteiger partial charge in [-0.2, -0.15) is 0 Å². The molecule has 0 aromatic carbocycles. The first-order valence-electron chi connectivity index (χ1n) is 8.08. The third-order valence-corrected chi connectivity index (χ3v) is 4.69. The van der Waals surface area contributed by atoms with Gasteiger partial charge >= 0.3 is 0 Å². The molecule has 1 aromatic rings. The van der Waals surface area contributed by atoms with E-state index in [0.717, 1.165) is 62.3 Å². The molecule has 0 radical (unpaired) electrons. The van der Waals surface area contributed by atoms with Crippen molar-refractivity contribution in [1.29, 1.82) is 0 Å². The predicted octanol–water partition coefficient (Wildman–Crippen LogP) is 1.88. The van der Waals surface area contributed by atoms with Crippen LogP contribution in [0.3, 0.4) is 0 Å². The van der Waals surface area contributed by atoms with Crippen LogP contribution >= 0.6 is 15.9 Å². The first-order chi connectivity index (χ1) is 10.7. The smallest absolute Gasteiger partial charge is 0.129 e. The van der Waals surface area contributed by atoms with Gasteiger partial charge in [0.1, 0.15) is 10.4 Å². The number of hydrogen-bond donors (Lipinski definition) is 2. The van der Waals surface area contributed by atoms with Crippen LogP contribution in [0.1, 0.15) is 25.7 Å². The summed E-state index contributed by atoms with van der Waals surface area (Å²) in [5, 5.41) is 18.2. The number of nitrogens with zero attached hydrogens (tertiary/aromatic N) is 3. The molecule has 1 aromatic heterocycles. The molecule has 0 amide bonds. The van der Waals surface area contributed by atoms with E-state index in [1.54, 1.807) is 0 Å². The summed E-state index contributed by atoms with van der Waals surface area (Å²) in [6.45, 7) is 4.13. The van der Waals surface area contributed by atoms with Gasteiger partial charge in [-0.15, -0.1) is 0 Å². The second-order valence-electron chi connectivity index (χ2n) is 5.73. The number of anilines is 1. The van der Waals surface area contributed by atoms with E-state index in [9.17, 15) is 5.11 Å². The van der Waals surface area contributed by atoms with Gasteiger partial charge in [-0.3, -0.25) is 4.90 Å². The number of aliphatic hydroxyl groups excluding tert-OH is 2. The molecule has 2 heterocycles. The zero-order valence-corrected chi connectivity index (χ0v) is 14.6. The van der Waals surface area contributed by atoms with Crippen molar-refractivity contribution in [2.45, 2.75) is 31.7 Å². The monoisotopic (exact) mass is 371 g/mol. The van der Waals surface area contributed by atoms with E-state index in [2.05, 4.69) is 36.8 Å². The molecule has 124 valence electrons. The van der Waals surface area contributed by atoms with Crippen molar-refractivity contribution in [3.63, 3.8) is 0 Å². The van der Waals surface area contributed by atoms with Gasteiger partial charge in [-0.05, 0) is 60.3 Å². The highest BCUT2D eigenvalue weighted by Crippen LogP contribution is 2.22. The summed E-state index contributed by atoms with van der Waals surface area (Å²) >= 11 is 3.43. The van der Waals surface area contributed by atoms with Gasteiger partial charge < -0.3 is 15.1 Å². The van der Waals surface area contributed by atoms with Crippen LogP contribution in [0.15, 0.2) is 22.8 Å². The number of aliphatic hydroxyl groups is 2. The molecule has 0 saturated carbocycles. The maximum absolute atomic E-state index is 9.27. The number of rotatable bonds is 8. The number of piperidine rings is 1. The van der Waals surface area contributed by atoms with Gasteiger partial charge in [-0.25, -0.2) is 4.98 Å². The lowest BCUT2D eigenvalue weighted by atomic mass is 10.0. The summed E-state index contributed by atoms with van der Waals surface area (Å²) in [5.41, 5.74) is 0. The second kappa shape index (κ2) is 9.45. The lowest BCUT2D eigenvalue weighted by molar-refractivity contribution is 0.128. The Morgan fingerprint density at radius 2 is 1.91 bits per heavy atom. The van der Waals surface area contributed by atoms with Gasteiger partial charge in [0.2, 0.25) is 0 Å². The average molecular weight is 372 g/mol. The number of aromatic nitrogens is 1. The normalized spacial score (nSPS) is 16.5. The van der Waals surface area contributed by atoms with Crippen LogP contribution in [0.2, 0.25) is 0 Å². The van der Waals surface area contributed by atoms with Crippen molar-refractivity contribution in [1.82, 2.24) is 9.88 Å². The van der Waals surface area contributed by atoms with E-state index < -0.39 is 0 Å². The largest absolute Gasteiger partial charge is 0.396 e. The average Bonchev–Trinajstić information content (AvgIpc) is 2.54. The number of hydrogen-bond acceptors (Lipinski definition) is 5. The Balaban J connectivity index is 1.86. The van der Waals surface area contributed by atoms with E-state index in [-0.39, 0.29) is 13.2 Å². The van der Waals surface area contributed by atoms with E-state index in [1.165, 1.54) is 0 Å². The van der Waals surface area contributed by atoms with Gasteiger partial charge in [0.05, 0.1) is 6.61 Å². The minimum atomic E-state index is 0.201. The van der Waals surface area contributed by atoms with Gasteiger partial charge in [0, 0.05) is 32.3 Å². The molecule has 1 aliphatic heterocycles. The maximum Gasteiger partial charge on any atom is 0.129 e. The summed E-state index contributed by atoms with van der Waals surface area (Å²) in [6, 6.07) is 6.54. The molecule has 2 rings (SSSR count). The van der Waals surface area contributed by atoms with Crippen molar-refractivity contribution < 1.29 is 10.2 Å². The summed E-state index contributed by atoms with van der Waals surface area (Å²) in [4.78, 5) is 9.23. The minimum absolute atomic E-state index is 0.201. The molecule has 1 aliphatic rings. The molecule has 22 heavy (non-hydrogen) atoms. The van der Waals surface area contributed by atoms with Crippen molar-refractivity contribution in [3.05, 3.63) is 22.8 Å². The molecular formula is C16H26BrN3O2. The molecule has 0 aliphatic carbocycles. The quantitative estimate of drug-likeness (QED) is 0.539. The van der Waals surface area contributed by atoms with Crippen molar-refractivity contribution in [3.8, 4) is 0 Å². The van der Waals surface area contributed by atoms with Crippen LogP contribution in [0.4, 0.5) is 5.82 Å². The fourth-order valence-electron chi connectivity index (χ4n) is 3.07. The molecule has 0 unspecified atom stereocenters. The van der Waals surface area contributed by atoms with Crippen LogP contribution in [-0.2, 0) is 0 Å². The van der Waals surface area contributed by atoms with Crippen molar-refractivity contribution in [2.24, 2.45) is 0 Å². The third-order valence-electron chi connectivity index (χ3n) is 4.25.